The number of imide groups is 1. The van der Waals surface area contributed by atoms with Crippen LogP contribution in [0, 0.1) is 11.8 Å². The Bertz CT molecular complexity index is 1190. The highest BCUT2D eigenvalue weighted by Crippen LogP contribution is 2.30. The van der Waals surface area contributed by atoms with Crippen LogP contribution in [0.25, 0.3) is 0 Å². The average Bonchev–Trinajstić information content (AvgIpc) is 3.53. The summed E-state index contributed by atoms with van der Waals surface area (Å²) >= 11 is 3.21. The zero-order valence-electron chi connectivity index (χ0n) is 27.6. The highest BCUT2D eigenvalue weighted by atomic mass is 79.9. The summed E-state index contributed by atoms with van der Waals surface area (Å²) in [5, 5.41) is 8.07. The van der Waals surface area contributed by atoms with E-state index in [0.29, 0.717) is 36.5 Å². The lowest BCUT2D eigenvalue weighted by Gasteiger charge is -2.33. The van der Waals surface area contributed by atoms with Gasteiger partial charge in [-0.1, -0.05) is 70.6 Å². The Morgan fingerprint density at radius 1 is 0.809 bits per heavy atom. The van der Waals surface area contributed by atoms with E-state index in [-0.39, 0.29) is 18.2 Å². The highest BCUT2D eigenvalue weighted by Gasteiger charge is 2.38. The summed E-state index contributed by atoms with van der Waals surface area (Å²) in [7, 11) is 0. The molecule has 1 aromatic rings. The van der Waals surface area contributed by atoms with Crippen molar-refractivity contribution < 1.29 is 28.4 Å². The van der Waals surface area contributed by atoms with E-state index in [1.54, 1.807) is 6.07 Å². The van der Waals surface area contributed by atoms with E-state index in [2.05, 4.69) is 36.8 Å². The van der Waals surface area contributed by atoms with Gasteiger partial charge in [0.25, 0.3) is 5.91 Å². The second-order valence-electron chi connectivity index (χ2n) is 13.5. The molecular formula is C34H53BrN6O6. The molecule has 47 heavy (non-hydrogen) atoms. The largest absolute Gasteiger partial charge is 0.444 e. The molecular weight excluding hydrogens is 668 g/mol. The molecule has 13 heteroatoms. The minimum Gasteiger partial charge on any atom is -0.444 e. The van der Waals surface area contributed by atoms with Gasteiger partial charge in [0.05, 0.1) is 19.1 Å². The number of carbonyl (C=O) groups is 5. The second kappa shape index (κ2) is 19.3. The van der Waals surface area contributed by atoms with Gasteiger partial charge in [-0.3, -0.25) is 28.9 Å². The van der Waals surface area contributed by atoms with Crippen LogP contribution in [0.15, 0.2) is 21.2 Å². The number of carbonyl (C=O) groups excluding carboxylic acids is 5. The van der Waals surface area contributed by atoms with Gasteiger partial charge < -0.3 is 31.0 Å². The highest BCUT2D eigenvalue weighted by molar-refractivity contribution is 9.10. The number of halogens is 1. The van der Waals surface area contributed by atoms with Gasteiger partial charge in [0.1, 0.15) is 6.04 Å². The molecule has 5 N–H and O–H groups in total. The van der Waals surface area contributed by atoms with Crippen LogP contribution < -0.4 is 21.7 Å². The lowest BCUT2D eigenvalue weighted by atomic mass is 9.84. The van der Waals surface area contributed by atoms with Crippen molar-refractivity contribution in [2.75, 3.05) is 39.3 Å². The Kier molecular flexibility index (Phi) is 15.2. The summed E-state index contributed by atoms with van der Waals surface area (Å²) in [6.07, 6.45) is 15.0. The fraction of sp³-hybridized carbons (Fsp3) is 0.735. The molecule has 0 radical (unpaired) electrons. The lowest BCUT2D eigenvalue weighted by molar-refractivity contribution is -0.138. The van der Waals surface area contributed by atoms with Gasteiger partial charge in [-0.2, -0.15) is 0 Å². The minimum atomic E-state index is -1.07. The quantitative estimate of drug-likeness (QED) is 0.214. The van der Waals surface area contributed by atoms with Gasteiger partial charge in [0, 0.05) is 13.1 Å². The van der Waals surface area contributed by atoms with Gasteiger partial charge in [0.2, 0.25) is 23.6 Å². The molecule has 4 rings (SSSR count). The molecule has 0 unspecified atom stereocenters. The van der Waals surface area contributed by atoms with E-state index >= 15 is 0 Å². The number of nitrogens with one attached hydrogen (secondary N) is 3. The average molecular weight is 722 g/mol. The second-order valence-corrected chi connectivity index (χ2v) is 14.2. The van der Waals surface area contributed by atoms with Crippen LogP contribution in [0.2, 0.25) is 0 Å². The maximum Gasteiger partial charge on any atom is 0.297 e. The topological polar surface area (TPSA) is 167 Å². The van der Waals surface area contributed by atoms with Crippen molar-refractivity contribution in [1.82, 2.24) is 25.8 Å². The lowest BCUT2D eigenvalue weighted by Crippen LogP contribution is -2.56. The van der Waals surface area contributed by atoms with Crippen molar-refractivity contribution in [2.45, 2.75) is 108 Å². The van der Waals surface area contributed by atoms with Crippen molar-refractivity contribution in [1.29, 1.82) is 0 Å². The minimum absolute atomic E-state index is 0.0921. The van der Waals surface area contributed by atoms with E-state index in [0.717, 1.165) is 88.6 Å². The molecule has 1 aliphatic heterocycles. The predicted octanol–water partition coefficient (Wildman–Crippen LogP) is 3.48. The van der Waals surface area contributed by atoms with Crippen LogP contribution >= 0.6 is 15.9 Å². The molecule has 12 nitrogen and oxygen atoms in total. The third kappa shape index (κ3) is 12.0. The Morgan fingerprint density at radius 3 is 2.04 bits per heavy atom. The number of rotatable bonds is 15. The zero-order chi connectivity index (χ0) is 33.6. The first-order valence-electron chi connectivity index (χ1n) is 17.6. The maximum absolute atomic E-state index is 13.8. The molecule has 5 amide bonds. The summed E-state index contributed by atoms with van der Waals surface area (Å²) in [4.78, 5) is 70.0. The number of nitrogens with two attached hydrogens (primary N) is 1. The number of furan rings is 1. The van der Waals surface area contributed by atoms with E-state index < -0.39 is 48.2 Å². The third-order valence-corrected chi connectivity index (χ3v) is 10.3. The number of amides is 5. The monoisotopic (exact) mass is 720 g/mol. The Morgan fingerprint density at radius 2 is 1.43 bits per heavy atom. The summed E-state index contributed by atoms with van der Waals surface area (Å²) in [6.45, 7) is 2.20. The van der Waals surface area contributed by atoms with Gasteiger partial charge in [-0.15, -0.1) is 0 Å². The molecule has 262 valence electrons. The number of likely N-dealkylation sites (tertiary alicyclic amines) is 1. The molecule has 3 aliphatic rings. The van der Waals surface area contributed by atoms with Crippen molar-refractivity contribution in [3.05, 3.63) is 22.6 Å². The normalized spacial score (nSPS) is 19.4. The van der Waals surface area contributed by atoms with E-state index in [1.165, 1.54) is 18.9 Å². The molecule has 0 spiro atoms. The summed E-state index contributed by atoms with van der Waals surface area (Å²) < 4.78 is 5.83. The van der Waals surface area contributed by atoms with Gasteiger partial charge in [0.15, 0.2) is 10.4 Å². The molecule has 2 aliphatic carbocycles. The first-order chi connectivity index (χ1) is 22.7. The molecule has 1 saturated heterocycles. The Labute approximate surface area is 286 Å². The van der Waals surface area contributed by atoms with Gasteiger partial charge >= 0.3 is 0 Å². The molecule has 3 fully saturated rings. The fourth-order valence-electron chi connectivity index (χ4n) is 7.19. The first kappa shape index (κ1) is 37.1. The van der Waals surface area contributed by atoms with Crippen molar-refractivity contribution in [3.63, 3.8) is 0 Å². The number of nitrogens with zero attached hydrogens (tertiary/aromatic N) is 2. The molecule has 0 bridgehead atoms. The van der Waals surface area contributed by atoms with E-state index in [1.807, 2.05) is 0 Å². The molecule has 2 atom stereocenters. The number of hydrogen-bond donors (Lipinski definition) is 4. The molecule has 1 aromatic heterocycles. The number of hydrogen-bond acceptors (Lipinski definition) is 8. The summed E-state index contributed by atoms with van der Waals surface area (Å²) in [5.74, 6) is -2.39. The predicted molar refractivity (Wildman–Crippen MR) is 181 cm³/mol. The van der Waals surface area contributed by atoms with Gasteiger partial charge in [-0.25, -0.2) is 0 Å². The van der Waals surface area contributed by atoms with Crippen molar-refractivity contribution in [2.24, 2.45) is 17.6 Å². The third-order valence-electron chi connectivity index (χ3n) is 9.85. The van der Waals surface area contributed by atoms with Crippen LogP contribution in [0.1, 0.15) is 107 Å². The molecule has 2 saturated carbocycles. The molecule has 0 aromatic carbocycles. The van der Waals surface area contributed by atoms with Gasteiger partial charge in [-0.05, 0) is 78.7 Å². The van der Waals surface area contributed by atoms with Crippen LogP contribution in [0.3, 0.4) is 0 Å². The number of piperidine rings is 1. The fourth-order valence-corrected chi connectivity index (χ4v) is 7.50. The van der Waals surface area contributed by atoms with Crippen molar-refractivity contribution in [3.8, 4) is 0 Å². The Hall–Kier alpha value is -2.77. The first-order valence-corrected chi connectivity index (χ1v) is 18.4. The van der Waals surface area contributed by atoms with E-state index in [9.17, 15) is 24.0 Å². The Balaban J connectivity index is 1.40. The summed E-state index contributed by atoms with van der Waals surface area (Å²) in [5.41, 5.74) is 6.11. The maximum atomic E-state index is 13.8. The zero-order valence-corrected chi connectivity index (χ0v) is 29.2. The van der Waals surface area contributed by atoms with Crippen LogP contribution in [-0.2, 0) is 19.2 Å². The smallest absolute Gasteiger partial charge is 0.297 e. The SMILES string of the molecule is N[C@@H](CC1CCCCC1)C(=O)NCC(=O)NCC(=O)N(C(=O)c1ccc(Br)o1)[C@@H](CC1CCCCC1)C(=O)NCCN1CCCCC1. The standard InChI is InChI=1S/C34H53BrN6O6/c35-29-15-14-28(47-29)34(46)41(31(43)23-38-30(42)22-39-32(44)26(36)20-24-10-4-1-5-11-24)27(21-25-12-6-2-7-13-25)33(45)37-16-19-40-17-8-3-9-18-40/h14-15,24-27H,1-13,16-23,36H2,(H,37,45)(H,38,42)(H,39,44)/t26-,27-/m0/s1. The van der Waals surface area contributed by atoms with Crippen LogP contribution in [0.4, 0.5) is 0 Å². The molecule has 2 heterocycles. The van der Waals surface area contributed by atoms with Crippen LogP contribution in [0.5, 0.6) is 0 Å². The van der Waals surface area contributed by atoms with Crippen molar-refractivity contribution >= 4 is 45.5 Å². The summed E-state index contributed by atoms with van der Waals surface area (Å²) in [6, 6.07) is 1.22. The van der Waals surface area contributed by atoms with Crippen LogP contribution in [-0.4, -0.2) is 90.7 Å². The van der Waals surface area contributed by atoms with E-state index in [4.69, 9.17) is 10.2 Å².